The topological polar surface area (TPSA) is 66.5 Å². The number of likely N-dealkylation sites (tertiary alicyclic amines) is 1. The third-order valence-electron chi connectivity index (χ3n) is 8.53. The highest BCUT2D eigenvalue weighted by atomic mass is 16.2. The monoisotopic (exact) mass is 480 g/mol. The molecule has 1 saturated heterocycles. The standard InChI is InChI=1S/C30H44N2O3/c33-27(17-9-19-29(34)32-20-10-14-24-13-7-8-18-28(24)32)22-25(21-23-11-3-1-4-12-23)30(35)31-26-15-5-2-6-16-26/h1,3-4,11-12,24-26,28H,2,5-10,13-22H2,(H,31,35)/t24?,25-,28?/m1/s1. The van der Waals surface area contributed by atoms with Crippen LogP contribution in [-0.4, -0.2) is 41.1 Å². The Morgan fingerprint density at radius 2 is 1.57 bits per heavy atom. The number of nitrogens with zero attached hydrogens (tertiary/aromatic N) is 1. The lowest BCUT2D eigenvalue weighted by Gasteiger charge is -2.44. The minimum absolute atomic E-state index is 0.0156. The Labute approximate surface area is 211 Å². The largest absolute Gasteiger partial charge is 0.353 e. The van der Waals surface area contributed by atoms with Gasteiger partial charge in [0, 0.05) is 43.8 Å². The summed E-state index contributed by atoms with van der Waals surface area (Å²) >= 11 is 0. The first-order chi connectivity index (χ1) is 17.1. The van der Waals surface area contributed by atoms with Crippen LogP contribution in [0.1, 0.15) is 102 Å². The molecule has 1 aliphatic heterocycles. The Bertz CT molecular complexity index is 831. The van der Waals surface area contributed by atoms with E-state index in [1.54, 1.807) is 0 Å². The molecule has 2 unspecified atom stereocenters. The van der Waals surface area contributed by atoms with Crippen molar-refractivity contribution in [3.05, 3.63) is 35.9 Å². The predicted octanol–water partition coefficient (Wildman–Crippen LogP) is 5.60. The summed E-state index contributed by atoms with van der Waals surface area (Å²) in [4.78, 5) is 41.2. The van der Waals surface area contributed by atoms with Crippen LogP contribution in [0.4, 0.5) is 0 Å². The molecule has 1 aromatic rings. The lowest BCUT2D eigenvalue weighted by atomic mass is 9.78. The molecule has 0 aromatic heterocycles. The summed E-state index contributed by atoms with van der Waals surface area (Å²) in [5.41, 5.74) is 1.09. The highest BCUT2D eigenvalue weighted by Gasteiger charge is 2.35. The molecule has 1 aromatic carbocycles. The summed E-state index contributed by atoms with van der Waals surface area (Å²) < 4.78 is 0. The van der Waals surface area contributed by atoms with Gasteiger partial charge in [-0.2, -0.15) is 0 Å². The Morgan fingerprint density at radius 1 is 0.857 bits per heavy atom. The Hall–Kier alpha value is -2.17. The van der Waals surface area contributed by atoms with Crippen molar-refractivity contribution in [2.24, 2.45) is 11.8 Å². The van der Waals surface area contributed by atoms with Gasteiger partial charge in [0.2, 0.25) is 11.8 Å². The molecule has 5 nitrogen and oxygen atoms in total. The molecule has 5 heteroatoms. The molecular weight excluding hydrogens is 436 g/mol. The molecule has 2 aliphatic carbocycles. The van der Waals surface area contributed by atoms with Crippen molar-refractivity contribution in [3.63, 3.8) is 0 Å². The van der Waals surface area contributed by atoms with E-state index in [0.29, 0.717) is 37.6 Å². The number of carbonyl (C=O) groups excluding carboxylic acids is 3. The third kappa shape index (κ3) is 7.65. The van der Waals surface area contributed by atoms with Crippen LogP contribution in [0.3, 0.4) is 0 Å². The van der Waals surface area contributed by atoms with Crippen LogP contribution in [-0.2, 0) is 20.8 Å². The fraction of sp³-hybridized carbons (Fsp3) is 0.700. The van der Waals surface area contributed by atoms with Crippen LogP contribution >= 0.6 is 0 Å². The van der Waals surface area contributed by atoms with Crippen molar-refractivity contribution in [2.75, 3.05) is 6.54 Å². The van der Waals surface area contributed by atoms with E-state index in [-0.39, 0.29) is 36.0 Å². The number of rotatable bonds is 10. The quantitative estimate of drug-likeness (QED) is 0.474. The number of Topliss-reactive ketones (excluding diaryl/α,β-unsaturated/α-hetero) is 1. The van der Waals surface area contributed by atoms with Crippen molar-refractivity contribution >= 4 is 17.6 Å². The maximum Gasteiger partial charge on any atom is 0.224 e. The molecule has 0 radical (unpaired) electrons. The molecule has 0 spiro atoms. The molecule has 192 valence electrons. The van der Waals surface area contributed by atoms with Crippen LogP contribution in [0.5, 0.6) is 0 Å². The number of hydrogen-bond acceptors (Lipinski definition) is 3. The van der Waals surface area contributed by atoms with E-state index in [9.17, 15) is 14.4 Å². The van der Waals surface area contributed by atoms with Crippen molar-refractivity contribution in [1.29, 1.82) is 0 Å². The van der Waals surface area contributed by atoms with E-state index >= 15 is 0 Å². The van der Waals surface area contributed by atoms with Gasteiger partial charge in [0.25, 0.3) is 0 Å². The second kappa shape index (κ2) is 13.2. The predicted molar refractivity (Wildman–Crippen MR) is 139 cm³/mol. The molecule has 3 fully saturated rings. The lowest BCUT2D eigenvalue weighted by Crippen LogP contribution is -2.49. The van der Waals surface area contributed by atoms with Gasteiger partial charge in [-0.25, -0.2) is 0 Å². The number of amides is 2. The molecule has 2 saturated carbocycles. The summed E-state index contributed by atoms with van der Waals surface area (Å²) in [5.74, 6) is 0.691. The zero-order valence-corrected chi connectivity index (χ0v) is 21.4. The van der Waals surface area contributed by atoms with E-state index < -0.39 is 0 Å². The Balaban J connectivity index is 1.27. The molecule has 0 bridgehead atoms. The van der Waals surface area contributed by atoms with E-state index in [4.69, 9.17) is 0 Å². The average Bonchev–Trinajstić information content (AvgIpc) is 2.89. The molecular formula is C30H44N2O3. The second-order valence-corrected chi connectivity index (χ2v) is 11.2. The van der Waals surface area contributed by atoms with Crippen LogP contribution in [0.2, 0.25) is 0 Å². The van der Waals surface area contributed by atoms with Gasteiger partial charge in [0.15, 0.2) is 0 Å². The molecule has 35 heavy (non-hydrogen) atoms. The summed E-state index contributed by atoms with van der Waals surface area (Å²) in [6.07, 6.45) is 15.2. The molecule has 1 N–H and O–H groups in total. The summed E-state index contributed by atoms with van der Waals surface area (Å²) in [5, 5.41) is 3.24. The van der Waals surface area contributed by atoms with Gasteiger partial charge in [0.1, 0.15) is 5.78 Å². The average molecular weight is 481 g/mol. The van der Waals surface area contributed by atoms with Crippen LogP contribution in [0, 0.1) is 11.8 Å². The van der Waals surface area contributed by atoms with Crippen molar-refractivity contribution in [1.82, 2.24) is 10.2 Å². The fourth-order valence-electron chi connectivity index (χ4n) is 6.61. The zero-order valence-electron chi connectivity index (χ0n) is 21.4. The summed E-state index contributed by atoms with van der Waals surface area (Å²) in [6, 6.07) is 10.7. The second-order valence-electron chi connectivity index (χ2n) is 11.2. The van der Waals surface area contributed by atoms with Gasteiger partial charge in [-0.3, -0.25) is 14.4 Å². The van der Waals surface area contributed by atoms with Crippen molar-refractivity contribution in [3.8, 4) is 0 Å². The Kier molecular flexibility index (Phi) is 9.79. The molecule has 3 aliphatic rings. The van der Waals surface area contributed by atoms with Gasteiger partial charge in [-0.05, 0) is 62.8 Å². The highest BCUT2D eigenvalue weighted by molar-refractivity contribution is 5.87. The number of carbonyl (C=O) groups is 3. The van der Waals surface area contributed by atoms with E-state index in [2.05, 4.69) is 10.2 Å². The number of piperidine rings is 1. The smallest absolute Gasteiger partial charge is 0.224 e. The van der Waals surface area contributed by atoms with Crippen LogP contribution in [0.25, 0.3) is 0 Å². The molecule has 3 atom stereocenters. The first-order valence-corrected chi connectivity index (χ1v) is 14.3. The SMILES string of the molecule is O=C(CCCC(=O)N1CCCC2CCCCC21)C[C@@H](Cc1ccccc1)C(=O)NC1CCCCC1. The van der Waals surface area contributed by atoms with E-state index in [1.807, 2.05) is 30.3 Å². The Morgan fingerprint density at radius 3 is 2.37 bits per heavy atom. The number of nitrogens with one attached hydrogen (secondary N) is 1. The van der Waals surface area contributed by atoms with E-state index in [0.717, 1.165) is 37.8 Å². The minimum atomic E-state index is -0.340. The summed E-state index contributed by atoms with van der Waals surface area (Å²) in [6.45, 7) is 0.883. The van der Waals surface area contributed by atoms with Gasteiger partial charge >= 0.3 is 0 Å². The fourth-order valence-corrected chi connectivity index (χ4v) is 6.61. The van der Waals surface area contributed by atoms with Crippen molar-refractivity contribution < 1.29 is 14.4 Å². The van der Waals surface area contributed by atoms with Gasteiger partial charge in [-0.1, -0.05) is 62.4 Å². The zero-order chi connectivity index (χ0) is 24.5. The first kappa shape index (κ1) is 25.9. The number of ketones is 1. The van der Waals surface area contributed by atoms with Crippen LogP contribution < -0.4 is 5.32 Å². The minimum Gasteiger partial charge on any atom is -0.353 e. The lowest BCUT2D eigenvalue weighted by molar-refractivity contribution is -0.137. The molecule has 4 rings (SSSR count). The number of hydrogen-bond donors (Lipinski definition) is 1. The van der Waals surface area contributed by atoms with E-state index in [1.165, 1.54) is 44.9 Å². The highest BCUT2D eigenvalue weighted by Crippen LogP contribution is 2.35. The third-order valence-corrected chi connectivity index (χ3v) is 8.53. The first-order valence-electron chi connectivity index (χ1n) is 14.3. The maximum atomic E-state index is 13.1. The number of fused-ring (bicyclic) bond motifs is 1. The molecule has 1 heterocycles. The number of benzene rings is 1. The van der Waals surface area contributed by atoms with Gasteiger partial charge in [0.05, 0.1) is 0 Å². The van der Waals surface area contributed by atoms with Gasteiger partial charge < -0.3 is 10.2 Å². The molecule has 2 amide bonds. The van der Waals surface area contributed by atoms with Crippen molar-refractivity contribution in [2.45, 2.75) is 115 Å². The van der Waals surface area contributed by atoms with Crippen LogP contribution in [0.15, 0.2) is 30.3 Å². The van der Waals surface area contributed by atoms with Gasteiger partial charge in [-0.15, -0.1) is 0 Å². The normalized spacial score (nSPS) is 23.8. The maximum absolute atomic E-state index is 13.1. The summed E-state index contributed by atoms with van der Waals surface area (Å²) in [7, 11) is 0.